The van der Waals surface area contributed by atoms with E-state index in [1.807, 2.05) is 0 Å². The fourth-order valence-corrected chi connectivity index (χ4v) is 9.89. The molecular weight excluding hydrogens is 1010 g/mol. The lowest BCUT2D eigenvalue weighted by molar-refractivity contribution is -0.145. The van der Waals surface area contributed by atoms with Crippen LogP contribution in [0.3, 0.4) is 0 Å². The molecule has 8 aromatic carbocycles. The Bertz CT molecular complexity index is 3640. The number of aliphatic carboxylic acids is 2. The first kappa shape index (κ1) is 52.7. The number of anilines is 4. The van der Waals surface area contributed by atoms with Crippen molar-refractivity contribution >= 4 is 87.2 Å². The van der Waals surface area contributed by atoms with Gasteiger partial charge in [0.15, 0.2) is 46.3 Å². The molecule has 11 N–H and O–H groups in total. The monoisotopic (exact) mass is 1050 g/mol. The molecule has 1 unspecified atom stereocenters. The third-order valence-corrected chi connectivity index (χ3v) is 13.5. The number of hydrogen-bond acceptors (Lipinski definition) is 16. The second-order valence-corrected chi connectivity index (χ2v) is 18.1. The summed E-state index contributed by atoms with van der Waals surface area (Å²) in [6.45, 7) is 1.20. The lowest BCUT2D eigenvalue weighted by atomic mass is 9.76. The highest BCUT2D eigenvalue weighted by Gasteiger charge is 2.40. The van der Waals surface area contributed by atoms with E-state index in [0.717, 1.165) is 0 Å². The molecule has 0 bridgehead atoms. The molecule has 0 aromatic heterocycles. The number of aliphatic hydroxyl groups is 1. The third kappa shape index (κ3) is 8.80. The van der Waals surface area contributed by atoms with Crippen molar-refractivity contribution in [1.29, 1.82) is 0 Å². The zero-order chi connectivity index (χ0) is 56.9. The summed E-state index contributed by atoms with van der Waals surface area (Å²) in [5.74, 6) is -5.52. The molecule has 0 heterocycles. The largest absolute Gasteiger partial charge is 0.479 e. The summed E-state index contributed by atoms with van der Waals surface area (Å²) in [4.78, 5) is 135. The van der Waals surface area contributed by atoms with E-state index < -0.39 is 18.0 Å². The van der Waals surface area contributed by atoms with Crippen LogP contribution in [-0.4, -0.2) is 85.9 Å². The van der Waals surface area contributed by atoms with Gasteiger partial charge in [0.25, 0.3) is 0 Å². The maximum absolute atomic E-state index is 13.6. The lowest BCUT2D eigenvalue weighted by Gasteiger charge is -2.25. The van der Waals surface area contributed by atoms with E-state index in [9.17, 15) is 43.2 Å². The summed E-state index contributed by atoms with van der Waals surface area (Å²) in [6.07, 6.45) is -1.40. The van der Waals surface area contributed by atoms with Crippen LogP contribution in [0.25, 0.3) is 22.3 Å². The average molecular weight is 1050 g/mol. The minimum atomic E-state index is -1.43. The molecule has 0 saturated heterocycles. The molecule has 18 nitrogen and oxygen atoms in total. The number of carbonyl (C=O) groups excluding carboxylic acids is 9. The van der Waals surface area contributed by atoms with Crippen LogP contribution in [0.15, 0.2) is 146 Å². The van der Waals surface area contributed by atoms with Crippen molar-refractivity contribution in [2.24, 2.45) is 0 Å². The quantitative estimate of drug-likeness (QED) is 0.0537. The van der Waals surface area contributed by atoms with Crippen LogP contribution >= 0.6 is 0 Å². The van der Waals surface area contributed by atoms with Gasteiger partial charge in [-0.2, -0.15) is 0 Å². The number of nitrogens with two attached hydrogens (primary N) is 4. The van der Waals surface area contributed by atoms with Crippen LogP contribution in [0.4, 0.5) is 22.7 Å². The number of carbonyl (C=O) groups is 11. The highest BCUT2D eigenvalue weighted by atomic mass is 16.4. The van der Waals surface area contributed by atoms with Crippen LogP contribution in [-0.2, 0) is 14.4 Å². The van der Waals surface area contributed by atoms with Crippen LogP contribution in [0.2, 0.25) is 0 Å². The van der Waals surface area contributed by atoms with Crippen molar-refractivity contribution < 1.29 is 68.1 Å². The lowest BCUT2D eigenvalue weighted by Crippen LogP contribution is -2.25. The van der Waals surface area contributed by atoms with Crippen molar-refractivity contribution in [3.63, 3.8) is 0 Å². The molecule has 0 radical (unpaired) electrons. The topological polar surface area (TPSA) is 353 Å². The van der Waals surface area contributed by atoms with E-state index in [2.05, 4.69) is 0 Å². The zero-order valence-corrected chi connectivity index (χ0v) is 41.2. The molecule has 388 valence electrons. The number of carboxylic acid groups (broad SMARTS) is 2. The number of rotatable bonds is 4. The first-order chi connectivity index (χ1) is 37.7. The fraction of sp³-hybridized carbons (Fsp3) is 0.0328. The van der Waals surface area contributed by atoms with Gasteiger partial charge in [-0.3, -0.25) is 43.2 Å². The minimum absolute atomic E-state index is 0.0989. The van der Waals surface area contributed by atoms with Gasteiger partial charge in [-0.15, -0.1) is 0 Å². The molecule has 0 amide bonds. The molecule has 18 heteroatoms. The number of aliphatic hydroxyl groups excluding tert-OH is 1. The highest BCUT2D eigenvalue weighted by Crippen LogP contribution is 2.45. The van der Waals surface area contributed by atoms with E-state index in [-0.39, 0.29) is 164 Å². The van der Waals surface area contributed by atoms with E-state index in [1.54, 1.807) is 146 Å². The normalized spacial score (nSPS) is 13.3. The van der Waals surface area contributed by atoms with Gasteiger partial charge in [-0.25, -0.2) is 9.59 Å². The van der Waals surface area contributed by atoms with Gasteiger partial charge < -0.3 is 38.3 Å². The molecule has 0 spiro atoms. The Balaban J connectivity index is 0.000000161. The Morgan fingerprint density at radius 3 is 0.620 bits per heavy atom. The average Bonchev–Trinajstić information content (AvgIpc) is 3.63. The molecule has 1 atom stereocenters. The zero-order valence-electron chi connectivity index (χ0n) is 41.2. The predicted octanol–water partition coefficient (Wildman–Crippen LogP) is 6.86. The van der Waals surface area contributed by atoms with E-state index in [0.29, 0.717) is 22.3 Å². The number of nitrogen functional groups attached to an aromatic ring is 4. The van der Waals surface area contributed by atoms with Gasteiger partial charge in [0.05, 0.1) is 22.3 Å². The maximum atomic E-state index is 13.6. The maximum Gasteiger partial charge on any atom is 0.368 e. The number of carboxylic acids is 2. The second-order valence-electron chi connectivity index (χ2n) is 18.1. The highest BCUT2D eigenvalue weighted by molar-refractivity contribution is 6.37. The molecule has 0 fully saturated rings. The molecule has 12 rings (SSSR count). The Morgan fingerprint density at radius 2 is 0.481 bits per heavy atom. The van der Waals surface area contributed by atoms with Gasteiger partial charge in [-0.05, 0) is 53.4 Å². The Kier molecular flexibility index (Phi) is 13.7. The van der Waals surface area contributed by atoms with Crippen LogP contribution in [0.1, 0.15) is 134 Å². The Morgan fingerprint density at radius 1 is 0.329 bits per heavy atom. The molecule has 0 aliphatic heterocycles. The van der Waals surface area contributed by atoms with Gasteiger partial charge >= 0.3 is 11.9 Å². The number of benzene rings is 8. The first-order valence-electron chi connectivity index (χ1n) is 23.7. The summed E-state index contributed by atoms with van der Waals surface area (Å²) in [7, 11) is 0. The summed E-state index contributed by atoms with van der Waals surface area (Å²) in [5, 5.41) is 23.1. The number of aldehydes is 1. The summed E-state index contributed by atoms with van der Waals surface area (Å²) in [5.41, 5.74) is 29.8. The van der Waals surface area contributed by atoms with Gasteiger partial charge in [0.1, 0.15) is 6.10 Å². The number of fused-ring (bicyclic) bond motifs is 8. The van der Waals surface area contributed by atoms with Gasteiger partial charge in [0, 0.05) is 89.5 Å². The third-order valence-electron chi connectivity index (χ3n) is 13.5. The van der Waals surface area contributed by atoms with Crippen molar-refractivity contribution in [2.75, 3.05) is 22.9 Å². The first-order valence-corrected chi connectivity index (χ1v) is 23.7. The summed E-state index contributed by atoms with van der Waals surface area (Å²) < 4.78 is 0. The number of ketones is 8. The SMILES string of the molecule is CC(O)C(=O)O.Nc1ccc(-c2ccc(N)c3c2C(=O)c2ccccc2C3=O)c2c1C(=O)c1ccccc1C2=O.Nc1ccc(-c2ccc(N)c3c2C(=O)c2ccccc2C3=O)c2c1C(=O)c1ccccc1C2=O.O=CC(=O)O. The number of hydrogen-bond donors (Lipinski definition) is 7. The van der Waals surface area contributed by atoms with Crippen LogP contribution < -0.4 is 22.9 Å². The van der Waals surface area contributed by atoms with Crippen molar-refractivity contribution in [3.8, 4) is 22.3 Å². The van der Waals surface area contributed by atoms with Crippen molar-refractivity contribution in [3.05, 3.63) is 235 Å². The smallest absolute Gasteiger partial charge is 0.368 e. The van der Waals surface area contributed by atoms with Crippen LogP contribution in [0.5, 0.6) is 0 Å². The molecule has 4 aliphatic rings. The standard InChI is InChI=1S/2C28H16N2O4.C3H6O3.C2H2O3/c2*29-19-11-9-13(21-23(19)27(33)17-7-3-1-5-15(17)25(21)31)14-10-12-20(30)24-22(14)26(32)16-6-2-4-8-18(16)28(24)34;1-2(4)3(5)6;3-1-2(4)5/h2*1-12H,29-30H2;2,4H,1H3,(H,5,6);1H,(H,4,5). The molecule has 79 heavy (non-hydrogen) atoms. The molecular formula is C61H40N4O14. The predicted molar refractivity (Wildman–Crippen MR) is 288 cm³/mol. The fourth-order valence-electron chi connectivity index (χ4n) is 9.89. The summed E-state index contributed by atoms with van der Waals surface area (Å²) in [6, 6.07) is 38.8. The second kappa shape index (κ2) is 20.5. The Labute approximate surface area is 446 Å². The molecule has 8 aromatic rings. The Hall–Kier alpha value is -11.1. The van der Waals surface area contributed by atoms with Gasteiger partial charge in [0.2, 0.25) is 6.29 Å². The molecule has 4 aliphatic carbocycles. The molecule has 0 saturated carbocycles. The van der Waals surface area contributed by atoms with Crippen molar-refractivity contribution in [1.82, 2.24) is 0 Å². The van der Waals surface area contributed by atoms with Gasteiger partial charge in [-0.1, -0.05) is 121 Å². The van der Waals surface area contributed by atoms with E-state index in [4.69, 9.17) is 47.8 Å². The summed E-state index contributed by atoms with van der Waals surface area (Å²) >= 11 is 0. The minimum Gasteiger partial charge on any atom is -0.479 e. The van der Waals surface area contributed by atoms with E-state index >= 15 is 0 Å². The van der Waals surface area contributed by atoms with Crippen LogP contribution in [0, 0.1) is 0 Å². The van der Waals surface area contributed by atoms with E-state index in [1.165, 1.54) is 6.92 Å². The van der Waals surface area contributed by atoms with Crippen molar-refractivity contribution in [2.45, 2.75) is 13.0 Å².